The molecule has 1 unspecified atom stereocenters. The van der Waals surface area contributed by atoms with Crippen LogP contribution in [0.15, 0.2) is 42.5 Å². The number of benzene rings is 2. The summed E-state index contributed by atoms with van der Waals surface area (Å²) in [4.78, 5) is 30.1. The Kier molecular flexibility index (Phi) is 7.15. The van der Waals surface area contributed by atoms with E-state index in [1.807, 2.05) is 20.8 Å². The highest BCUT2D eigenvalue weighted by atomic mass is 35.5. The van der Waals surface area contributed by atoms with Crippen molar-refractivity contribution < 1.29 is 19.1 Å². The maximum Gasteiger partial charge on any atom is 0.407 e. The summed E-state index contributed by atoms with van der Waals surface area (Å²) in [5.41, 5.74) is 0.820. The number of halogens is 3. The third kappa shape index (κ3) is 5.20. The van der Waals surface area contributed by atoms with Crippen LogP contribution in [0.3, 0.4) is 0 Å². The molecule has 1 N–H and O–H groups in total. The maximum absolute atomic E-state index is 13.6. The first-order chi connectivity index (χ1) is 15.3. The molecule has 0 aliphatic carbocycles. The van der Waals surface area contributed by atoms with Gasteiger partial charge in [0.25, 0.3) is 0 Å². The zero-order valence-electron chi connectivity index (χ0n) is 19.2. The zero-order chi connectivity index (χ0) is 24.7. The largest absolute Gasteiger partial charge is 0.465 e. The molecule has 6 nitrogen and oxygen atoms in total. The number of carboxylic acid groups (broad SMARTS) is 1. The average Bonchev–Trinajstić information content (AvgIpc) is 3.13. The molecule has 33 heavy (non-hydrogen) atoms. The molecule has 3 atom stereocenters. The fraction of sp³-hybridized carbons (Fsp3) is 0.417. The van der Waals surface area contributed by atoms with Crippen LogP contribution in [0.2, 0.25) is 10.0 Å². The topological polar surface area (TPSA) is 64.1 Å². The Morgan fingerprint density at radius 2 is 1.61 bits per heavy atom. The van der Waals surface area contributed by atoms with Gasteiger partial charge in [0.15, 0.2) is 0 Å². The number of anilines is 1. The molecule has 1 aliphatic rings. The van der Waals surface area contributed by atoms with Crippen LogP contribution in [0.5, 0.6) is 0 Å². The summed E-state index contributed by atoms with van der Waals surface area (Å²) in [5, 5.41) is 10.8. The first-order valence-electron chi connectivity index (χ1n) is 10.5. The summed E-state index contributed by atoms with van der Waals surface area (Å²) in [6.45, 7) is 6.04. The van der Waals surface area contributed by atoms with E-state index in [9.17, 15) is 19.1 Å². The predicted octanol–water partition coefficient (Wildman–Crippen LogP) is 6.18. The maximum atomic E-state index is 13.6. The molecule has 1 heterocycles. The van der Waals surface area contributed by atoms with E-state index in [4.69, 9.17) is 23.2 Å². The lowest BCUT2D eigenvalue weighted by molar-refractivity contribution is 0.0796. The normalized spacial score (nSPS) is 20.6. The van der Waals surface area contributed by atoms with E-state index < -0.39 is 23.6 Å². The van der Waals surface area contributed by atoms with Gasteiger partial charge in [0.05, 0.1) is 12.1 Å². The molecule has 0 spiro atoms. The number of nitrogens with zero attached hydrogens (tertiary/aromatic N) is 3. The Morgan fingerprint density at radius 1 is 1.06 bits per heavy atom. The number of amides is 3. The van der Waals surface area contributed by atoms with E-state index in [1.165, 1.54) is 21.9 Å². The lowest BCUT2D eigenvalue weighted by Crippen LogP contribution is -2.56. The van der Waals surface area contributed by atoms with E-state index in [2.05, 4.69) is 0 Å². The number of likely N-dealkylation sites (N-methyl/N-ethyl adjacent to an activating group) is 1. The standard InChI is InChI=1S/C24H28Cl2FN3O3/c1-24(2,3)21-20(19(13-30(21)23(32)33)14-6-8-17(27)9-7-14)29(5)22(31)28(4)18-11-15(25)10-16(26)12-18/h6-12,19-21H,13H2,1-5H3,(H,32,33)/t19-,20-,21?/m0/s1. The van der Waals surface area contributed by atoms with Crippen LogP contribution in [0.4, 0.5) is 19.7 Å². The van der Waals surface area contributed by atoms with E-state index in [0.29, 0.717) is 15.7 Å². The summed E-state index contributed by atoms with van der Waals surface area (Å²) in [7, 11) is 3.28. The molecule has 0 bridgehead atoms. The molecule has 3 rings (SSSR count). The molecule has 9 heteroatoms. The van der Waals surface area contributed by atoms with Crippen LogP contribution in [0, 0.1) is 11.2 Å². The first kappa shape index (κ1) is 25.1. The fourth-order valence-electron chi connectivity index (χ4n) is 4.72. The van der Waals surface area contributed by atoms with Crippen molar-refractivity contribution in [2.24, 2.45) is 5.41 Å². The molecule has 0 saturated carbocycles. The van der Waals surface area contributed by atoms with Gasteiger partial charge in [0.2, 0.25) is 0 Å². The van der Waals surface area contributed by atoms with E-state index >= 15 is 0 Å². The van der Waals surface area contributed by atoms with Crippen LogP contribution >= 0.6 is 23.2 Å². The Hall–Kier alpha value is -2.51. The van der Waals surface area contributed by atoms with Crippen LogP contribution < -0.4 is 4.90 Å². The average molecular weight is 496 g/mol. The Balaban J connectivity index is 2.05. The molecular formula is C24H28Cl2FN3O3. The van der Waals surface area contributed by atoms with Crippen molar-refractivity contribution in [1.29, 1.82) is 0 Å². The quantitative estimate of drug-likeness (QED) is 0.552. The second-order valence-corrected chi connectivity index (χ2v) is 10.3. The van der Waals surface area contributed by atoms with Gasteiger partial charge in [-0.3, -0.25) is 4.90 Å². The molecule has 2 aromatic rings. The Morgan fingerprint density at radius 3 is 2.09 bits per heavy atom. The summed E-state index contributed by atoms with van der Waals surface area (Å²) >= 11 is 12.2. The van der Waals surface area contributed by atoms with Gasteiger partial charge in [-0.05, 0) is 41.3 Å². The molecule has 1 saturated heterocycles. The van der Waals surface area contributed by atoms with Gasteiger partial charge in [-0.1, -0.05) is 56.1 Å². The molecular weight excluding hydrogens is 468 g/mol. The number of carbonyl (C=O) groups is 2. The molecule has 0 aromatic heterocycles. The number of likely N-dealkylation sites (tertiary alicyclic amines) is 1. The highest BCUT2D eigenvalue weighted by Crippen LogP contribution is 2.43. The smallest absolute Gasteiger partial charge is 0.407 e. The summed E-state index contributed by atoms with van der Waals surface area (Å²) < 4.78 is 13.6. The summed E-state index contributed by atoms with van der Waals surface area (Å²) in [6.07, 6.45) is -1.06. The minimum atomic E-state index is -1.06. The van der Waals surface area contributed by atoms with Crippen molar-refractivity contribution in [1.82, 2.24) is 9.80 Å². The van der Waals surface area contributed by atoms with E-state index in [0.717, 1.165) is 5.56 Å². The van der Waals surface area contributed by atoms with Gasteiger partial charge >= 0.3 is 12.1 Å². The van der Waals surface area contributed by atoms with Crippen molar-refractivity contribution in [3.05, 3.63) is 63.9 Å². The van der Waals surface area contributed by atoms with Crippen LogP contribution in [-0.4, -0.2) is 59.8 Å². The van der Waals surface area contributed by atoms with Gasteiger partial charge in [-0.15, -0.1) is 0 Å². The summed E-state index contributed by atoms with van der Waals surface area (Å²) in [5.74, 6) is -0.714. The van der Waals surface area contributed by atoms with Crippen molar-refractivity contribution in [3.8, 4) is 0 Å². The lowest BCUT2D eigenvalue weighted by Gasteiger charge is -2.42. The fourth-order valence-corrected chi connectivity index (χ4v) is 5.23. The number of carbonyl (C=O) groups excluding carboxylic acids is 1. The van der Waals surface area contributed by atoms with E-state index in [-0.39, 0.29) is 24.3 Å². The minimum absolute atomic E-state index is 0.192. The Labute approximate surface area is 203 Å². The van der Waals surface area contributed by atoms with Crippen molar-refractivity contribution in [3.63, 3.8) is 0 Å². The van der Waals surface area contributed by atoms with E-state index in [1.54, 1.807) is 49.3 Å². The molecule has 1 aliphatic heterocycles. The second kappa shape index (κ2) is 9.39. The number of hydrogen-bond donors (Lipinski definition) is 1. The predicted molar refractivity (Wildman–Crippen MR) is 129 cm³/mol. The number of urea groups is 1. The zero-order valence-corrected chi connectivity index (χ0v) is 20.7. The molecule has 1 fully saturated rings. The monoisotopic (exact) mass is 495 g/mol. The number of rotatable bonds is 3. The highest BCUT2D eigenvalue weighted by molar-refractivity contribution is 6.35. The minimum Gasteiger partial charge on any atom is -0.465 e. The van der Waals surface area contributed by atoms with Crippen LogP contribution in [0.25, 0.3) is 0 Å². The second-order valence-electron chi connectivity index (χ2n) is 9.47. The van der Waals surface area contributed by atoms with Gasteiger partial charge in [0.1, 0.15) is 5.82 Å². The van der Waals surface area contributed by atoms with Crippen molar-refractivity contribution >= 4 is 41.0 Å². The number of hydrogen-bond acceptors (Lipinski definition) is 2. The SMILES string of the molecule is CN(C(=O)N(C)[C@@H]1C(C(C)(C)C)N(C(=O)O)C[C@H]1c1ccc(F)cc1)c1cc(Cl)cc(Cl)c1. The van der Waals surface area contributed by atoms with Crippen LogP contribution in [-0.2, 0) is 0 Å². The van der Waals surface area contributed by atoms with Crippen molar-refractivity contribution in [2.45, 2.75) is 38.8 Å². The van der Waals surface area contributed by atoms with Gasteiger partial charge in [-0.25, -0.2) is 14.0 Å². The van der Waals surface area contributed by atoms with Gasteiger partial charge in [0, 0.05) is 42.3 Å². The molecule has 0 radical (unpaired) electrons. The van der Waals surface area contributed by atoms with Crippen molar-refractivity contribution in [2.75, 3.05) is 25.5 Å². The molecule has 178 valence electrons. The van der Waals surface area contributed by atoms with Crippen LogP contribution in [0.1, 0.15) is 32.3 Å². The third-order valence-corrected chi connectivity index (χ3v) is 6.60. The van der Waals surface area contributed by atoms with Gasteiger partial charge < -0.3 is 14.9 Å². The molecule has 2 aromatic carbocycles. The molecule has 3 amide bonds. The van der Waals surface area contributed by atoms with Gasteiger partial charge in [-0.2, -0.15) is 0 Å². The first-order valence-corrected chi connectivity index (χ1v) is 11.3. The third-order valence-electron chi connectivity index (χ3n) is 6.17. The highest BCUT2D eigenvalue weighted by Gasteiger charge is 2.52. The summed E-state index contributed by atoms with van der Waals surface area (Å²) in [6, 6.07) is 9.53. The Bertz CT molecular complexity index is 1020. The lowest BCUT2D eigenvalue weighted by atomic mass is 9.78.